The molecule has 0 atom stereocenters. The number of benzene rings is 2. The molecule has 0 radical (unpaired) electrons. The standard InChI is InChI=1S/C19H16ClFN4O2/c1-27-17-7-4-14(20)8-16(17)25-19-23-10-13(11-24-19)18(26)22-9-12-2-5-15(21)6-3-12/h2-8,10-11H,9H2,1H3,(H,22,26)(H,23,24,25). The van der Waals surface area contributed by atoms with Crippen molar-refractivity contribution in [1.82, 2.24) is 15.3 Å². The Morgan fingerprint density at radius 1 is 1.15 bits per heavy atom. The maximum atomic E-state index is 12.9. The number of carbonyl (C=O) groups is 1. The van der Waals surface area contributed by atoms with Crippen molar-refractivity contribution in [3.8, 4) is 5.75 Å². The molecule has 2 aromatic carbocycles. The molecule has 27 heavy (non-hydrogen) atoms. The summed E-state index contributed by atoms with van der Waals surface area (Å²) < 4.78 is 18.1. The lowest BCUT2D eigenvalue weighted by molar-refractivity contribution is 0.0950. The van der Waals surface area contributed by atoms with E-state index >= 15 is 0 Å². The van der Waals surface area contributed by atoms with Gasteiger partial charge in [-0.05, 0) is 35.9 Å². The van der Waals surface area contributed by atoms with Crippen LogP contribution in [0, 0.1) is 5.82 Å². The molecule has 8 heteroatoms. The van der Waals surface area contributed by atoms with E-state index in [2.05, 4.69) is 20.6 Å². The van der Waals surface area contributed by atoms with Crippen LogP contribution in [0.3, 0.4) is 0 Å². The number of nitrogens with zero attached hydrogens (tertiary/aromatic N) is 2. The number of hydrogen-bond acceptors (Lipinski definition) is 5. The maximum Gasteiger partial charge on any atom is 0.254 e. The Balaban J connectivity index is 1.63. The fraction of sp³-hybridized carbons (Fsp3) is 0.105. The van der Waals surface area contributed by atoms with Gasteiger partial charge < -0.3 is 15.4 Å². The molecule has 6 nitrogen and oxygen atoms in total. The molecule has 0 aliphatic heterocycles. The van der Waals surface area contributed by atoms with Crippen LogP contribution in [0.15, 0.2) is 54.9 Å². The molecule has 0 fully saturated rings. The Kier molecular flexibility index (Phi) is 5.83. The number of methoxy groups -OCH3 is 1. The number of rotatable bonds is 6. The molecular weight excluding hydrogens is 371 g/mol. The van der Waals surface area contributed by atoms with Gasteiger partial charge in [-0.3, -0.25) is 4.79 Å². The molecule has 0 spiro atoms. The van der Waals surface area contributed by atoms with Gasteiger partial charge in [-0.1, -0.05) is 23.7 Å². The summed E-state index contributed by atoms with van der Waals surface area (Å²) in [5.74, 6) is 0.235. The lowest BCUT2D eigenvalue weighted by atomic mass is 10.2. The average molecular weight is 387 g/mol. The SMILES string of the molecule is COc1ccc(Cl)cc1Nc1ncc(C(=O)NCc2ccc(F)cc2)cn1. The van der Waals surface area contributed by atoms with Crippen LogP contribution in [0.4, 0.5) is 16.0 Å². The maximum absolute atomic E-state index is 12.9. The minimum absolute atomic E-state index is 0.277. The minimum atomic E-state index is -0.328. The summed E-state index contributed by atoms with van der Waals surface area (Å²) in [4.78, 5) is 20.4. The largest absolute Gasteiger partial charge is 0.495 e. The highest BCUT2D eigenvalue weighted by Gasteiger charge is 2.09. The Morgan fingerprint density at radius 3 is 2.52 bits per heavy atom. The van der Waals surface area contributed by atoms with Gasteiger partial charge in [0, 0.05) is 24.0 Å². The quantitative estimate of drug-likeness (QED) is 0.670. The molecule has 2 N–H and O–H groups in total. The number of anilines is 2. The second-order valence-electron chi connectivity index (χ2n) is 5.57. The van der Waals surface area contributed by atoms with E-state index in [0.29, 0.717) is 28.0 Å². The van der Waals surface area contributed by atoms with Crippen molar-refractivity contribution in [3.05, 3.63) is 76.8 Å². The third-order valence-electron chi connectivity index (χ3n) is 3.69. The van der Waals surface area contributed by atoms with Gasteiger partial charge in [0.05, 0.1) is 18.4 Å². The van der Waals surface area contributed by atoms with E-state index in [1.54, 1.807) is 37.4 Å². The summed E-state index contributed by atoms with van der Waals surface area (Å²) in [6, 6.07) is 11.0. The van der Waals surface area contributed by atoms with Gasteiger partial charge >= 0.3 is 0 Å². The second kappa shape index (κ2) is 8.46. The van der Waals surface area contributed by atoms with Gasteiger partial charge in [0.25, 0.3) is 5.91 Å². The van der Waals surface area contributed by atoms with Gasteiger partial charge in [0.15, 0.2) is 0 Å². The highest BCUT2D eigenvalue weighted by Crippen LogP contribution is 2.29. The Labute approximate surface area is 160 Å². The zero-order valence-corrected chi connectivity index (χ0v) is 15.1. The molecule has 0 saturated carbocycles. The van der Waals surface area contributed by atoms with Crippen LogP contribution in [0.1, 0.15) is 15.9 Å². The fourth-order valence-electron chi connectivity index (χ4n) is 2.29. The number of ether oxygens (including phenoxy) is 1. The lowest BCUT2D eigenvalue weighted by Crippen LogP contribution is -2.23. The van der Waals surface area contributed by atoms with Crippen LogP contribution in [0.25, 0.3) is 0 Å². The summed E-state index contributed by atoms with van der Waals surface area (Å²) >= 11 is 5.99. The first-order chi connectivity index (χ1) is 13.0. The second-order valence-corrected chi connectivity index (χ2v) is 6.01. The fourth-order valence-corrected chi connectivity index (χ4v) is 2.47. The Hall–Kier alpha value is -3.19. The normalized spacial score (nSPS) is 10.3. The Bertz CT molecular complexity index is 933. The smallest absolute Gasteiger partial charge is 0.254 e. The third-order valence-corrected chi connectivity index (χ3v) is 3.92. The number of nitrogens with one attached hydrogen (secondary N) is 2. The highest BCUT2D eigenvalue weighted by atomic mass is 35.5. The van der Waals surface area contributed by atoms with Crippen molar-refractivity contribution in [2.24, 2.45) is 0 Å². The van der Waals surface area contributed by atoms with Crippen molar-refractivity contribution in [1.29, 1.82) is 0 Å². The Morgan fingerprint density at radius 2 is 1.85 bits per heavy atom. The van der Waals surface area contributed by atoms with Crippen LogP contribution in [0.5, 0.6) is 5.75 Å². The van der Waals surface area contributed by atoms with Crippen molar-refractivity contribution in [3.63, 3.8) is 0 Å². The van der Waals surface area contributed by atoms with E-state index in [9.17, 15) is 9.18 Å². The first-order valence-electron chi connectivity index (χ1n) is 8.00. The third kappa shape index (κ3) is 4.92. The van der Waals surface area contributed by atoms with Crippen LogP contribution in [-0.4, -0.2) is 23.0 Å². The van der Waals surface area contributed by atoms with Gasteiger partial charge in [-0.2, -0.15) is 0 Å². The van der Waals surface area contributed by atoms with E-state index in [4.69, 9.17) is 16.3 Å². The highest BCUT2D eigenvalue weighted by molar-refractivity contribution is 6.31. The van der Waals surface area contributed by atoms with Crippen LogP contribution >= 0.6 is 11.6 Å². The molecule has 0 aliphatic carbocycles. The summed E-state index contributed by atoms with van der Waals surface area (Å²) in [5.41, 5.74) is 1.70. The van der Waals surface area contributed by atoms with Gasteiger partial charge in [-0.15, -0.1) is 0 Å². The van der Waals surface area contributed by atoms with E-state index < -0.39 is 0 Å². The number of carbonyl (C=O) groups excluding carboxylic acids is 1. The van der Waals surface area contributed by atoms with Crippen LogP contribution in [-0.2, 0) is 6.54 Å². The van der Waals surface area contributed by atoms with Crippen molar-refractivity contribution >= 4 is 29.1 Å². The first kappa shape index (κ1) is 18.6. The van der Waals surface area contributed by atoms with Crippen LogP contribution < -0.4 is 15.4 Å². The molecule has 3 aromatic rings. The molecule has 0 unspecified atom stereocenters. The zero-order chi connectivity index (χ0) is 19.2. The molecule has 0 bridgehead atoms. The minimum Gasteiger partial charge on any atom is -0.495 e. The predicted octanol–water partition coefficient (Wildman–Crippen LogP) is 3.95. The van der Waals surface area contributed by atoms with Crippen molar-refractivity contribution in [2.75, 3.05) is 12.4 Å². The summed E-state index contributed by atoms with van der Waals surface area (Å²) in [6.45, 7) is 0.277. The molecule has 1 heterocycles. The molecule has 0 saturated heterocycles. The van der Waals surface area contributed by atoms with E-state index in [1.807, 2.05) is 0 Å². The molecule has 138 valence electrons. The monoisotopic (exact) mass is 386 g/mol. The lowest BCUT2D eigenvalue weighted by Gasteiger charge is -2.10. The van der Waals surface area contributed by atoms with Crippen molar-refractivity contribution in [2.45, 2.75) is 6.54 Å². The molecule has 1 amide bonds. The topological polar surface area (TPSA) is 76.1 Å². The van der Waals surface area contributed by atoms with Gasteiger partial charge in [0.2, 0.25) is 5.95 Å². The first-order valence-corrected chi connectivity index (χ1v) is 8.38. The molecule has 3 rings (SSSR count). The van der Waals surface area contributed by atoms with E-state index in [1.165, 1.54) is 24.5 Å². The predicted molar refractivity (Wildman–Crippen MR) is 101 cm³/mol. The van der Waals surface area contributed by atoms with Gasteiger partial charge in [-0.25, -0.2) is 14.4 Å². The summed E-state index contributed by atoms with van der Waals surface area (Å²) in [6.07, 6.45) is 2.82. The van der Waals surface area contributed by atoms with Crippen LogP contribution in [0.2, 0.25) is 5.02 Å². The van der Waals surface area contributed by atoms with Crippen molar-refractivity contribution < 1.29 is 13.9 Å². The van der Waals surface area contributed by atoms with E-state index in [0.717, 1.165) is 5.56 Å². The molecular formula is C19H16ClFN4O2. The average Bonchev–Trinajstić information content (AvgIpc) is 2.68. The summed E-state index contributed by atoms with van der Waals surface area (Å²) in [5, 5.41) is 6.26. The molecule has 0 aliphatic rings. The number of hydrogen-bond donors (Lipinski definition) is 2. The number of aromatic nitrogens is 2. The zero-order valence-electron chi connectivity index (χ0n) is 14.4. The summed E-state index contributed by atoms with van der Waals surface area (Å²) in [7, 11) is 1.55. The number of halogens is 2. The molecule has 1 aromatic heterocycles. The number of amides is 1. The van der Waals surface area contributed by atoms with Gasteiger partial charge in [0.1, 0.15) is 11.6 Å². The van der Waals surface area contributed by atoms with E-state index in [-0.39, 0.29) is 18.3 Å².